The lowest BCUT2D eigenvalue weighted by atomic mass is 10.1. The van der Waals surface area contributed by atoms with Crippen molar-refractivity contribution in [3.8, 4) is 0 Å². The summed E-state index contributed by atoms with van der Waals surface area (Å²) >= 11 is 0. The number of carbonyl (C=O) groups excluding carboxylic acids is 1. The van der Waals surface area contributed by atoms with Gasteiger partial charge in [-0.15, -0.1) is 0 Å². The monoisotopic (exact) mass is 457 g/mol. The van der Waals surface area contributed by atoms with Gasteiger partial charge in [-0.1, -0.05) is 30.7 Å². The lowest BCUT2D eigenvalue weighted by Gasteiger charge is -2.27. The number of likely N-dealkylation sites (tertiary alicyclic amines) is 1. The molecule has 0 spiro atoms. The van der Waals surface area contributed by atoms with Crippen LogP contribution in [0, 0.1) is 0 Å². The highest BCUT2D eigenvalue weighted by molar-refractivity contribution is 5.78. The standard InChI is InChI=1S/C26H43N5O2/c1-7-15-31(25(32)21-30-17-13-24(20-30)33-6)18-12-22(2)10-8-11-23(19-28(3)4)26-27-14-9-16-29(26)5/h8-9,11-12,14,16,19,24,26H,7,10,13,15,17-18,20-21H2,1-6H3/b11-8-,22-12+,23-19+. The largest absolute Gasteiger partial charge is 0.383 e. The number of methoxy groups -OCH3 is 1. The summed E-state index contributed by atoms with van der Waals surface area (Å²) in [4.78, 5) is 25.8. The first-order chi connectivity index (χ1) is 15.8. The predicted octanol–water partition coefficient (Wildman–Crippen LogP) is 3.14. The summed E-state index contributed by atoms with van der Waals surface area (Å²) in [5.41, 5.74) is 2.39. The Morgan fingerprint density at radius 1 is 1.33 bits per heavy atom. The van der Waals surface area contributed by atoms with Crippen molar-refractivity contribution in [3.05, 3.63) is 47.9 Å². The van der Waals surface area contributed by atoms with E-state index in [9.17, 15) is 4.79 Å². The Morgan fingerprint density at radius 2 is 2.12 bits per heavy atom. The van der Waals surface area contributed by atoms with E-state index in [4.69, 9.17) is 4.74 Å². The molecule has 1 saturated heterocycles. The Balaban J connectivity index is 1.92. The number of ether oxygens (including phenoxy) is 1. The highest BCUT2D eigenvalue weighted by Crippen LogP contribution is 2.17. The van der Waals surface area contributed by atoms with Crippen LogP contribution in [0.2, 0.25) is 0 Å². The molecule has 0 N–H and O–H groups in total. The smallest absolute Gasteiger partial charge is 0.237 e. The van der Waals surface area contributed by atoms with Crippen molar-refractivity contribution in [1.82, 2.24) is 19.6 Å². The molecular weight excluding hydrogens is 414 g/mol. The SMILES string of the molecule is CCCN(C/C=C(\C)C/C=C\C(=C/N(C)C)C1N=CC=CN1C)C(=O)CN1CCC(OC)C1. The number of likely N-dealkylation sites (N-methyl/N-ethyl adjacent to an activating group) is 1. The summed E-state index contributed by atoms with van der Waals surface area (Å²) in [6.07, 6.45) is 17.5. The molecule has 1 amide bonds. The number of aliphatic imine (C=N–C) groups is 1. The van der Waals surface area contributed by atoms with Crippen molar-refractivity contribution in [3.63, 3.8) is 0 Å². The summed E-state index contributed by atoms with van der Waals surface area (Å²) in [6, 6.07) is 0. The second-order valence-electron chi connectivity index (χ2n) is 9.15. The molecule has 2 unspecified atom stereocenters. The highest BCUT2D eigenvalue weighted by atomic mass is 16.5. The molecule has 2 heterocycles. The number of amides is 1. The molecule has 0 radical (unpaired) electrons. The second kappa shape index (κ2) is 14.0. The maximum atomic E-state index is 12.9. The van der Waals surface area contributed by atoms with Crippen LogP contribution in [0.25, 0.3) is 0 Å². The number of carbonyl (C=O) groups is 1. The van der Waals surface area contributed by atoms with E-state index >= 15 is 0 Å². The maximum Gasteiger partial charge on any atom is 0.237 e. The number of hydrogen-bond acceptors (Lipinski definition) is 6. The van der Waals surface area contributed by atoms with Crippen LogP contribution in [-0.2, 0) is 9.53 Å². The van der Waals surface area contributed by atoms with Crippen LogP contribution in [0.5, 0.6) is 0 Å². The number of allylic oxidation sites excluding steroid dienone is 3. The predicted molar refractivity (Wildman–Crippen MR) is 137 cm³/mol. The summed E-state index contributed by atoms with van der Waals surface area (Å²) in [6.45, 7) is 7.96. The molecule has 7 heteroatoms. The van der Waals surface area contributed by atoms with Gasteiger partial charge >= 0.3 is 0 Å². The van der Waals surface area contributed by atoms with Crippen LogP contribution in [0.15, 0.2) is 52.8 Å². The second-order valence-corrected chi connectivity index (χ2v) is 9.15. The quantitative estimate of drug-likeness (QED) is 0.333. The van der Waals surface area contributed by atoms with E-state index in [-0.39, 0.29) is 18.2 Å². The molecule has 2 atom stereocenters. The molecule has 1 fully saturated rings. The minimum atomic E-state index is -0.0149. The summed E-state index contributed by atoms with van der Waals surface area (Å²) in [7, 11) is 7.84. The molecular formula is C26H43N5O2. The Labute approximate surface area is 200 Å². The van der Waals surface area contributed by atoms with Crippen molar-refractivity contribution in [1.29, 1.82) is 0 Å². The molecule has 0 bridgehead atoms. The van der Waals surface area contributed by atoms with Crippen LogP contribution < -0.4 is 0 Å². The van der Waals surface area contributed by atoms with Gasteiger partial charge in [-0.2, -0.15) is 0 Å². The van der Waals surface area contributed by atoms with Crippen LogP contribution in [0.3, 0.4) is 0 Å². The number of rotatable bonds is 12. The summed E-state index contributed by atoms with van der Waals surface area (Å²) in [5.74, 6) is 0.204. The molecule has 33 heavy (non-hydrogen) atoms. The minimum Gasteiger partial charge on any atom is -0.383 e. The lowest BCUT2D eigenvalue weighted by molar-refractivity contribution is -0.131. The zero-order valence-electron chi connectivity index (χ0n) is 21.4. The van der Waals surface area contributed by atoms with Crippen LogP contribution in [0.1, 0.15) is 33.1 Å². The fourth-order valence-electron chi connectivity index (χ4n) is 4.05. The molecule has 0 aromatic heterocycles. The number of nitrogens with zero attached hydrogens (tertiary/aromatic N) is 5. The van der Waals surface area contributed by atoms with Gasteiger partial charge in [0, 0.05) is 78.6 Å². The molecule has 2 aliphatic heterocycles. The average molecular weight is 458 g/mol. The van der Waals surface area contributed by atoms with E-state index in [0.29, 0.717) is 13.1 Å². The van der Waals surface area contributed by atoms with Gasteiger partial charge in [0.2, 0.25) is 5.91 Å². The Kier molecular flexibility index (Phi) is 11.4. The third-order valence-corrected chi connectivity index (χ3v) is 5.90. The first-order valence-electron chi connectivity index (χ1n) is 12.0. The third kappa shape index (κ3) is 9.18. The number of hydrogen-bond donors (Lipinski definition) is 0. The highest BCUT2D eigenvalue weighted by Gasteiger charge is 2.25. The Hall–Kier alpha value is -2.38. The van der Waals surface area contributed by atoms with E-state index in [1.54, 1.807) is 7.11 Å². The van der Waals surface area contributed by atoms with Gasteiger partial charge in [0.1, 0.15) is 6.17 Å². The van der Waals surface area contributed by atoms with Crippen molar-refractivity contribution in [2.24, 2.45) is 4.99 Å². The Bertz CT molecular complexity index is 769. The first-order valence-corrected chi connectivity index (χ1v) is 12.0. The van der Waals surface area contributed by atoms with E-state index in [2.05, 4.69) is 53.1 Å². The molecule has 0 aromatic rings. The zero-order valence-corrected chi connectivity index (χ0v) is 21.4. The molecule has 0 aromatic carbocycles. The van der Waals surface area contributed by atoms with E-state index in [0.717, 1.165) is 44.5 Å². The van der Waals surface area contributed by atoms with Crippen LogP contribution in [-0.4, -0.2) is 105 Å². The fourth-order valence-corrected chi connectivity index (χ4v) is 4.05. The molecule has 0 saturated carbocycles. The van der Waals surface area contributed by atoms with Gasteiger partial charge in [-0.25, -0.2) is 0 Å². The summed E-state index contributed by atoms with van der Waals surface area (Å²) < 4.78 is 5.43. The molecule has 2 aliphatic rings. The molecule has 7 nitrogen and oxygen atoms in total. The minimum absolute atomic E-state index is 0.0149. The van der Waals surface area contributed by atoms with Gasteiger partial charge in [0.25, 0.3) is 0 Å². The topological polar surface area (TPSA) is 51.6 Å². The summed E-state index contributed by atoms with van der Waals surface area (Å²) in [5, 5.41) is 0. The fraction of sp³-hybridized carbons (Fsp3) is 0.615. The third-order valence-electron chi connectivity index (χ3n) is 5.90. The van der Waals surface area contributed by atoms with Gasteiger partial charge < -0.3 is 19.4 Å². The zero-order chi connectivity index (χ0) is 24.2. The van der Waals surface area contributed by atoms with Crippen LogP contribution >= 0.6 is 0 Å². The van der Waals surface area contributed by atoms with E-state index in [1.165, 1.54) is 5.57 Å². The molecule has 0 aliphatic carbocycles. The van der Waals surface area contributed by atoms with Gasteiger partial charge in [0.15, 0.2) is 0 Å². The first kappa shape index (κ1) is 26.9. The van der Waals surface area contributed by atoms with E-state index < -0.39 is 0 Å². The van der Waals surface area contributed by atoms with Gasteiger partial charge in [-0.3, -0.25) is 14.7 Å². The van der Waals surface area contributed by atoms with Gasteiger partial charge in [-0.05, 0) is 32.3 Å². The van der Waals surface area contributed by atoms with Crippen molar-refractivity contribution >= 4 is 12.1 Å². The van der Waals surface area contributed by atoms with E-state index in [1.807, 2.05) is 49.4 Å². The normalized spacial score (nSPS) is 21.9. The van der Waals surface area contributed by atoms with Crippen molar-refractivity contribution in [2.45, 2.75) is 45.4 Å². The van der Waals surface area contributed by atoms with Gasteiger partial charge in [0.05, 0.1) is 12.6 Å². The molecule has 2 rings (SSSR count). The lowest BCUT2D eigenvalue weighted by Crippen LogP contribution is -2.40. The Morgan fingerprint density at radius 3 is 2.76 bits per heavy atom. The average Bonchev–Trinajstić information content (AvgIpc) is 3.23. The van der Waals surface area contributed by atoms with Crippen molar-refractivity contribution in [2.75, 3.05) is 61.0 Å². The maximum absolute atomic E-state index is 12.9. The van der Waals surface area contributed by atoms with Crippen LogP contribution in [0.4, 0.5) is 0 Å². The molecule has 184 valence electrons. The van der Waals surface area contributed by atoms with Crippen molar-refractivity contribution < 1.29 is 9.53 Å².